The first-order valence-electron chi connectivity index (χ1n) is 6.45. The molecule has 18 heavy (non-hydrogen) atoms. The summed E-state index contributed by atoms with van der Waals surface area (Å²) in [5.41, 5.74) is -0.336. The van der Waals surface area contributed by atoms with Crippen LogP contribution in [0.2, 0.25) is 0 Å². The highest BCUT2D eigenvalue weighted by Gasteiger charge is 2.26. The molecule has 0 unspecified atom stereocenters. The van der Waals surface area contributed by atoms with Crippen LogP contribution >= 0.6 is 0 Å². The van der Waals surface area contributed by atoms with Crippen molar-refractivity contribution in [2.24, 2.45) is 11.8 Å². The molecule has 1 aromatic rings. The number of aromatic nitrogens is 3. The molecule has 6 nitrogen and oxygen atoms in total. The monoisotopic (exact) mass is 252 g/mol. The lowest BCUT2D eigenvalue weighted by Gasteiger charge is -2.28. The molecule has 2 N–H and O–H groups in total. The van der Waals surface area contributed by atoms with Crippen LogP contribution < -0.4 is 5.69 Å². The van der Waals surface area contributed by atoms with E-state index in [0.29, 0.717) is 12.4 Å². The van der Waals surface area contributed by atoms with Crippen molar-refractivity contribution in [3.8, 4) is 0 Å². The fourth-order valence-corrected chi connectivity index (χ4v) is 2.50. The molecule has 1 saturated carbocycles. The summed E-state index contributed by atoms with van der Waals surface area (Å²) in [7, 11) is 1.76. The van der Waals surface area contributed by atoms with Gasteiger partial charge in [0.1, 0.15) is 0 Å². The number of carbonyl (C=O) groups excluding carboxylic acids is 1. The number of hydrogen-bond donors (Lipinski definition) is 2. The third kappa shape index (κ3) is 3.00. The Morgan fingerprint density at radius 1 is 1.39 bits per heavy atom. The summed E-state index contributed by atoms with van der Waals surface area (Å²) in [6.07, 6.45) is 4.20. The summed E-state index contributed by atoms with van der Waals surface area (Å²) in [6.45, 7) is 2.59. The van der Waals surface area contributed by atoms with Gasteiger partial charge >= 0.3 is 5.69 Å². The van der Waals surface area contributed by atoms with Crippen LogP contribution in [0.25, 0.3) is 0 Å². The normalized spacial score (nSPS) is 23.9. The second kappa shape index (κ2) is 5.37. The number of carbonyl (C=O) groups is 1. The van der Waals surface area contributed by atoms with Crippen LogP contribution in [0.4, 0.5) is 0 Å². The van der Waals surface area contributed by atoms with E-state index >= 15 is 0 Å². The molecule has 0 saturated heterocycles. The Bertz CT molecular complexity index is 457. The van der Waals surface area contributed by atoms with Crippen molar-refractivity contribution in [3.63, 3.8) is 0 Å². The fourth-order valence-electron chi connectivity index (χ4n) is 2.50. The minimum Gasteiger partial charge on any atom is -0.338 e. The zero-order valence-electron chi connectivity index (χ0n) is 10.9. The van der Waals surface area contributed by atoms with Gasteiger partial charge in [-0.2, -0.15) is 5.10 Å². The third-order valence-electron chi connectivity index (χ3n) is 3.68. The van der Waals surface area contributed by atoms with E-state index in [1.165, 1.54) is 0 Å². The van der Waals surface area contributed by atoms with E-state index < -0.39 is 0 Å². The smallest absolute Gasteiger partial charge is 0.338 e. The van der Waals surface area contributed by atoms with Gasteiger partial charge in [0.15, 0.2) is 5.82 Å². The zero-order valence-corrected chi connectivity index (χ0v) is 10.9. The standard InChI is InChI=1S/C12H20N4O2/c1-8-3-5-9(6-4-8)11(17)16(2)7-10-13-12(18)15-14-10/h8-9H,3-7H2,1-2H3,(H2,13,14,15,18). The lowest BCUT2D eigenvalue weighted by Crippen LogP contribution is -2.34. The summed E-state index contributed by atoms with van der Waals surface area (Å²) in [5.74, 6) is 1.53. The molecule has 1 aliphatic carbocycles. The summed E-state index contributed by atoms with van der Waals surface area (Å²) in [4.78, 5) is 27.3. The Kier molecular flexibility index (Phi) is 3.84. The summed E-state index contributed by atoms with van der Waals surface area (Å²) in [6, 6.07) is 0. The maximum absolute atomic E-state index is 12.2. The predicted molar refractivity (Wildman–Crippen MR) is 66.8 cm³/mol. The van der Waals surface area contributed by atoms with Crippen LogP contribution in [0.3, 0.4) is 0 Å². The van der Waals surface area contributed by atoms with Crippen LogP contribution in [-0.4, -0.2) is 33.0 Å². The number of hydrogen-bond acceptors (Lipinski definition) is 3. The zero-order chi connectivity index (χ0) is 13.1. The molecule has 1 aliphatic rings. The first-order chi connectivity index (χ1) is 8.56. The molecule has 0 aromatic carbocycles. The highest BCUT2D eigenvalue weighted by Crippen LogP contribution is 2.29. The van der Waals surface area contributed by atoms with Crippen molar-refractivity contribution in [1.29, 1.82) is 0 Å². The first-order valence-corrected chi connectivity index (χ1v) is 6.45. The van der Waals surface area contributed by atoms with Crippen LogP contribution in [0, 0.1) is 11.8 Å². The first kappa shape index (κ1) is 12.9. The van der Waals surface area contributed by atoms with E-state index in [0.717, 1.165) is 31.6 Å². The number of amides is 1. The molecule has 0 bridgehead atoms. The molecular formula is C12H20N4O2. The van der Waals surface area contributed by atoms with Crippen LogP contribution in [-0.2, 0) is 11.3 Å². The lowest BCUT2D eigenvalue weighted by atomic mass is 9.82. The lowest BCUT2D eigenvalue weighted by molar-refractivity contribution is -0.136. The maximum Gasteiger partial charge on any atom is 0.340 e. The van der Waals surface area contributed by atoms with Gasteiger partial charge < -0.3 is 4.90 Å². The average Bonchev–Trinajstić information content (AvgIpc) is 2.75. The Morgan fingerprint density at radius 2 is 2.06 bits per heavy atom. The molecule has 0 atom stereocenters. The number of nitrogens with one attached hydrogen (secondary N) is 2. The van der Waals surface area contributed by atoms with Gasteiger partial charge in [-0.3, -0.25) is 9.78 Å². The topological polar surface area (TPSA) is 81.8 Å². The molecule has 0 spiro atoms. The van der Waals surface area contributed by atoms with Crippen LogP contribution in [0.1, 0.15) is 38.4 Å². The molecule has 2 rings (SSSR count). The third-order valence-corrected chi connectivity index (χ3v) is 3.68. The molecule has 0 radical (unpaired) electrons. The van der Waals surface area contributed by atoms with Crippen LogP contribution in [0.15, 0.2) is 4.79 Å². The van der Waals surface area contributed by atoms with Crippen molar-refractivity contribution in [1.82, 2.24) is 20.1 Å². The second-order valence-corrected chi connectivity index (χ2v) is 5.28. The van der Waals surface area contributed by atoms with E-state index in [4.69, 9.17) is 0 Å². The van der Waals surface area contributed by atoms with Gasteiger partial charge in [-0.05, 0) is 31.6 Å². The molecule has 1 heterocycles. The SMILES string of the molecule is CC1CCC(C(=O)N(C)Cc2n[nH]c(=O)[nH]2)CC1. The molecule has 100 valence electrons. The number of rotatable bonds is 3. The van der Waals surface area contributed by atoms with E-state index in [-0.39, 0.29) is 17.5 Å². The Balaban J connectivity index is 1.90. The van der Waals surface area contributed by atoms with Crippen molar-refractivity contribution >= 4 is 5.91 Å². The molecule has 1 aromatic heterocycles. The number of nitrogens with zero attached hydrogens (tertiary/aromatic N) is 2. The Morgan fingerprint density at radius 3 is 2.61 bits per heavy atom. The van der Waals surface area contributed by atoms with Gasteiger partial charge in [0.25, 0.3) is 0 Å². The van der Waals surface area contributed by atoms with Gasteiger partial charge in [-0.25, -0.2) is 9.89 Å². The van der Waals surface area contributed by atoms with Crippen molar-refractivity contribution in [3.05, 3.63) is 16.3 Å². The van der Waals surface area contributed by atoms with E-state index in [1.807, 2.05) is 0 Å². The Labute approximate surface area is 106 Å². The number of H-pyrrole nitrogens is 2. The summed E-state index contributed by atoms with van der Waals surface area (Å²) >= 11 is 0. The fraction of sp³-hybridized carbons (Fsp3) is 0.750. The molecule has 1 amide bonds. The van der Waals surface area contributed by atoms with Gasteiger partial charge in [0.05, 0.1) is 6.54 Å². The van der Waals surface area contributed by atoms with Crippen LogP contribution in [0.5, 0.6) is 0 Å². The van der Waals surface area contributed by atoms with Crippen molar-refractivity contribution in [2.75, 3.05) is 7.05 Å². The molecule has 1 fully saturated rings. The van der Waals surface area contributed by atoms with Gasteiger partial charge in [-0.15, -0.1) is 0 Å². The molecule has 0 aliphatic heterocycles. The largest absolute Gasteiger partial charge is 0.340 e. The van der Waals surface area contributed by atoms with Gasteiger partial charge in [0, 0.05) is 13.0 Å². The van der Waals surface area contributed by atoms with E-state index in [1.54, 1.807) is 11.9 Å². The highest BCUT2D eigenvalue weighted by molar-refractivity contribution is 5.78. The maximum atomic E-state index is 12.2. The van der Waals surface area contributed by atoms with E-state index in [2.05, 4.69) is 22.1 Å². The van der Waals surface area contributed by atoms with E-state index in [9.17, 15) is 9.59 Å². The quantitative estimate of drug-likeness (QED) is 0.838. The molecule has 6 heteroatoms. The van der Waals surface area contributed by atoms with Gasteiger partial charge in [0.2, 0.25) is 5.91 Å². The van der Waals surface area contributed by atoms with Gasteiger partial charge in [-0.1, -0.05) is 6.92 Å². The average molecular weight is 252 g/mol. The number of aromatic amines is 2. The second-order valence-electron chi connectivity index (χ2n) is 5.28. The summed E-state index contributed by atoms with van der Waals surface area (Å²) in [5, 5.41) is 6.11. The Hall–Kier alpha value is -1.59. The molecular weight excluding hydrogens is 232 g/mol. The summed E-state index contributed by atoms with van der Waals surface area (Å²) < 4.78 is 0. The minimum absolute atomic E-state index is 0.136. The predicted octanol–water partition coefficient (Wildman–Crippen LogP) is 0.883. The van der Waals surface area contributed by atoms with Crippen molar-refractivity contribution in [2.45, 2.75) is 39.2 Å². The highest BCUT2D eigenvalue weighted by atomic mass is 16.2. The minimum atomic E-state index is -0.336. The van der Waals surface area contributed by atoms with Crippen molar-refractivity contribution < 1.29 is 4.79 Å².